The minimum Gasteiger partial charge on any atom is -0.375 e. The normalized spacial score (nSPS) is 11.9. The molecule has 19 heavy (non-hydrogen) atoms. The number of carbonyl (C=O) groups is 1. The maximum atomic E-state index is 12.4. The first-order valence-electron chi connectivity index (χ1n) is 6.63. The van der Waals surface area contributed by atoms with Crippen LogP contribution in [0.15, 0.2) is 54.6 Å². The molecule has 2 aromatic carbocycles. The zero-order valence-electron chi connectivity index (χ0n) is 11.4. The second-order valence-electron chi connectivity index (χ2n) is 4.70. The lowest BCUT2D eigenvalue weighted by atomic mass is 10.0. The fraction of sp³-hybridized carbons (Fsp3) is 0.235. The molecular weight excluding hydrogens is 234 g/mol. The van der Waals surface area contributed by atoms with Crippen LogP contribution in [0.2, 0.25) is 0 Å². The Hall–Kier alpha value is -2.09. The molecule has 0 amide bonds. The average Bonchev–Trinajstić information content (AvgIpc) is 2.47. The zero-order valence-corrected chi connectivity index (χ0v) is 11.4. The van der Waals surface area contributed by atoms with Gasteiger partial charge < -0.3 is 5.32 Å². The van der Waals surface area contributed by atoms with E-state index in [-0.39, 0.29) is 11.8 Å². The summed E-state index contributed by atoms with van der Waals surface area (Å²) in [5, 5.41) is 3.30. The number of hydrogen-bond donors (Lipinski definition) is 1. The van der Waals surface area contributed by atoms with Crippen LogP contribution in [-0.4, -0.2) is 11.8 Å². The lowest BCUT2D eigenvalue weighted by molar-refractivity contribution is 0.0968. The van der Waals surface area contributed by atoms with E-state index in [0.29, 0.717) is 0 Å². The van der Waals surface area contributed by atoms with Crippen molar-refractivity contribution in [2.75, 3.05) is 5.32 Å². The summed E-state index contributed by atoms with van der Waals surface area (Å²) in [5.41, 5.74) is 2.96. The average molecular weight is 253 g/mol. The molecule has 0 bridgehead atoms. The molecule has 0 heterocycles. The summed E-state index contributed by atoms with van der Waals surface area (Å²) >= 11 is 0. The summed E-state index contributed by atoms with van der Waals surface area (Å²) in [5.74, 6) is 0.142. The Morgan fingerprint density at radius 2 is 1.68 bits per heavy atom. The summed E-state index contributed by atoms with van der Waals surface area (Å²) in [6.45, 7) is 4.07. The van der Waals surface area contributed by atoms with Gasteiger partial charge in [0.05, 0.1) is 6.04 Å². The molecule has 2 rings (SSSR count). The maximum absolute atomic E-state index is 12.4. The van der Waals surface area contributed by atoms with Crippen LogP contribution in [0.1, 0.15) is 29.3 Å². The minimum absolute atomic E-state index is 0.142. The molecule has 0 aliphatic carbocycles. The molecule has 1 unspecified atom stereocenters. The van der Waals surface area contributed by atoms with Crippen molar-refractivity contribution in [1.29, 1.82) is 0 Å². The molecule has 1 atom stereocenters. The molecule has 0 radical (unpaired) electrons. The Labute approximate surface area is 114 Å². The second kappa shape index (κ2) is 6.19. The molecule has 2 heteroatoms. The van der Waals surface area contributed by atoms with E-state index in [1.807, 2.05) is 61.5 Å². The third-order valence-corrected chi connectivity index (χ3v) is 3.18. The van der Waals surface area contributed by atoms with Crippen LogP contribution in [0.25, 0.3) is 0 Å². The first-order chi connectivity index (χ1) is 9.20. The first-order valence-corrected chi connectivity index (χ1v) is 6.63. The van der Waals surface area contributed by atoms with Crippen LogP contribution >= 0.6 is 0 Å². The predicted molar refractivity (Wildman–Crippen MR) is 79.7 cm³/mol. The van der Waals surface area contributed by atoms with E-state index in [0.717, 1.165) is 17.7 Å². The maximum Gasteiger partial charge on any atom is 0.184 e. The van der Waals surface area contributed by atoms with E-state index in [1.54, 1.807) is 0 Å². The molecule has 2 aromatic rings. The molecule has 0 spiro atoms. The number of rotatable bonds is 5. The summed E-state index contributed by atoms with van der Waals surface area (Å²) in [6.07, 6.45) is 0.765. The van der Waals surface area contributed by atoms with Crippen molar-refractivity contribution in [3.63, 3.8) is 0 Å². The third-order valence-electron chi connectivity index (χ3n) is 3.18. The molecule has 0 aliphatic rings. The summed E-state index contributed by atoms with van der Waals surface area (Å²) in [7, 11) is 0. The number of anilines is 1. The Morgan fingerprint density at radius 3 is 2.26 bits per heavy atom. The zero-order chi connectivity index (χ0) is 13.7. The molecule has 0 saturated heterocycles. The molecule has 0 aliphatic heterocycles. The van der Waals surface area contributed by atoms with Gasteiger partial charge in [0.15, 0.2) is 5.78 Å². The van der Waals surface area contributed by atoms with Gasteiger partial charge in [-0.2, -0.15) is 0 Å². The minimum atomic E-state index is -0.176. The van der Waals surface area contributed by atoms with Gasteiger partial charge in [0, 0.05) is 11.3 Å². The van der Waals surface area contributed by atoms with Crippen LogP contribution in [-0.2, 0) is 0 Å². The van der Waals surface area contributed by atoms with E-state index < -0.39 is 0 Å². The number of Topliss-reactive ketones (excluding diaryl/α,β-unsaturated/α-hetero) is 1. The monoisotopic (exact) mass is 253 g/mol. The Balaban J connectivity index is 2.12. The fourth-order valence-electron chi connectivity index (χ4n) is 2.01. The SMILES string of the molecule is CCC(Nc1ccc(C)cc1)C(=O)c1ccccc1. The summed E-state index contributed by atoms with van der Waals surface area (Å²) in [4.78, 5) is 12.4. The quantitative estimate of drug-likeness (QED) is 0.814. The molecule has 98 valence electrons. The number of hydrogen-bond acceptors (Lipinski definition) is 2. The third kappa shape index (κ3) is 3.44. The Kier molecular flexibility index (Phi) is 4.35. The van der Waals surface area contributed by atoms with Crippen molar-refractivity contribution in [3.8, 4) is 0 Å². The van der Waals surface area contributed by atoms with Crippen molar-refractivity contribution >= 4 is 11.5 Å². The molecule has 1 N–H and O–H groups in total. The van der Waals surface area contributed by atoms with Gasteiger partial charge in [0.25, 0.3) is 0 Å². The smallest absolute Gasteiger partial charge is 0.184 e. The highest BCUT2D eigenvalue weighted by Gasteiger charge is 2.17. The highest BCUT2D eigenvalue weighted by Crippen LogP contribution is 2.14. The molecule has 2 nitrogen and oxygen atoms in total. The highest BCUT2D eigenvalue weighted by molar-refractivity contribution is 6.01. The Morgan fingerprint density at radius 1 is 1.05 bits per heavy atom. The van der Waals surface area contributed by atoms with Gasteiger partial charge in [-0.1, -0.05) is 55.0 Å². The van der Waals surface area contributed by atoms with E-state index in [4.69, 9.17) is 0 Å². The van der Waals surface area contributed by atoms with Crippen molar-refractivity contribution < 1.29 is 4.79 Å². The molecule has 0 fully saturated rings. The summed E-state index contributed by atoms with van der Waals surface area (Å²) < 4.78 is 0. The molecule has 0 aromatic heterocycles. The van der Waals surface area contributed by atoms with Gasteiger partial charge in [0.1, 0.15) is 0 Å². The van der Waals surface area contributed by atoms with Gasteiger partial charge in [-0.3, -0.25) is 4.79 Å². The predicted octanol–water partition coefficient (Wildman–Crippen LogP) is 4.07. The standard InChI is InChI=1S/C17H19NO/c1-3-16(17(19)14-7-5-4-6-8-14)18-15-11-9-13(2)10-12-15/h4-12,16,18H,3H2,1-2H3. The highest BCUT2D eigenvalue weighted by atomic mass is 16.1. The number of nitrogens with one attached hydrogen (secondary N) is 1. The van der Waals surface area contributed by atoms with Crippen molar-refractivity contribution in [1.82, 2.24) is 0 Å². The number of carbonyl (C=O) groups excluding carboxylic acids is 1. The van der Waals surface area contributed by atoms with Crippen molar-refractivity contribution in [2.24, 2.45) is 0 Å². The second-order valence-corrected chi connectivity index (χ2v) is 4.70. The number of benzene rings is 2. The van der Waals surface area contributed by atoms with Gasteiger partial charge >= 0.3 is 0 Å². The van der Waals surface area contributed by atoms with Crippen LogP contribution in [0.3, 0.4) is 0 Å². The first kappa shape index (κ1) is 13.3. The molecular formula is C17H19NO. The van der Waals surface area contributed by atoms with Crippen molar-refractivity contribution in [2.45, 2.75) is 26.3 Å². The van der Waals surface area contributed by atoms with Gasteiger partial charge in [-0.15, -0.1) is 0 Å². The fourth-order valence-corrected chi connectivity index (χ4v) is 2.01. The topological polar surface area (TPSA) is 29.1 Å². The lowest BCUT2D eigenvalue weighted by Gasteiger charge is -2.17. The number of ketones is 1. The Bertz CT molecular complexity index is 531. The van der Waals surface area contributed by atoms with Crippen LogP contribution in [0.4, 0.5) is 5.69 Å². The van der Waals surface area contributed by atoms with Crippen LogP contribution < -0.4 is 5.32 Å². The largest absolute Gasteiger partial charge is 0.375 e. The van der Waals surface area contributed by atoms with Gasteiger partial charge in [0.2, 0.25) is 0 Å². The van der Waals surface area contributed by atoms with Crippen LogP contribution in [0.5, 0.6) is 0 Å². The van der Waals surface area contributed by atoms with Crippen molar-refractivity contribution in [3.05, 3.63) is 65.7 Å². The number of aryl methyl sites for hydroxylation is 1. The molecule has 0 saturated carbocycles. The van der Waals surface area contributed by atoms with E-state index in [2.05, 4.69) is 12.2 Å². The van der Waals surface area contributed by atoms with Crippen LogP contribution in [0, 0.1) is 6.92 Å². The van der Waals surface area contributed by atoms with E-state index in [1.165, 1.54) is 5.56 Å². The van der Waals surface area contributed by atoms with E-state index in [9.17, 15) is 4.79 Å². The lowest BCUT2D eigenvalue weighted by Crippen LogP contribution is -2.28. The van der Waals surface area contributed by atoms with Gasteiger partial charge in [-0.05, 0) is 25.5 Å². The summed E-state index contributed by atoms with van der Waals surface area (Å²) in [6, 6.07) is 17.4. The van der Waals surface area contributed by atoms with Gasteiger partial charge in [-0.25, -0.2) is 0 Å². The van der Waals surface area contributed by atoms with E-state index >= 15 is 0 Å².